The van der Waals surface area contributed by atoms with Crippen molar-refractivity contribution in [3.05, 3.63) is 55.1 Å². The quantitative estimate of drug-likeness (QED) is 0.701. The molecule has 0 spiro atoms. The van der Waals surface area contributed by atoms with Gasteiger partial charge in [-0.2, -0.15) is 0 Å². The molecule has 0 bridgehead atoms. The van der Waals surface area contributed by atoms with Crippen LogP contribution < -0.4 is 9.47 Å². The number of nitrogens with zero attached hydrogens (tertiary/aromatic N) is 2. The van der Waals surface area contributed by atoms with Crippen LogP contribution >= 0.6 is 0 Å². The molecule has 122 valence electrons. The van der Waals surface area contributed by atoms with Crippen LogP contribution in [0.1, 0.15) is 23.2 Å². The molecule has 2 aromatic rings. The molecule has 23 heavy (non-hydrogen) atoms. The van der Waals surface area contributed by atoms with E-state index in [9.17, 15) is 4.79 Å². The summed E-state index contributed by atoms with van der Waals surface area (Å²) in [6.07, 6.45) is 8.71. The van der Waals surface area contributed by atoms with Crippen molar-refractivity contribution >= 4 is 5.91 Å². The van der Waals surface area contributed by atoms with Gasteiger partial charge in [0.05, 0.1) is 14.2 Å². The lowest BCUT2D eigenvalue weighted by atomic mass is 9.94. The predicted molar refractivity (Wildman–Crippen MR) is 89.0 cm³/mol. The summed E-state index contributed by atoms with van der Waals surface area (Å²) in [6, 6.07) is 5.87. The molecule has 0 aliphatic carbocycles. The van der Waals surface area contributed by atoms with Crippen LogP contribution in [0.25, 0.3) is 0 Å². The molecule has 1 heterocycles. The van der Waals surface area contributed by atoms with Crippen molar-refractivity contribution in [3.8, 4) is 11.5 Å². The summed E-state index contributed by atoms with van der Waals surface area (Å²) in [6.45, 7) is 3.89. The number of hydrogen-bond acceptors (Lipinski definition) is 4. The first-order valence-corrected chi connectivity index (χ1v) is 7.52. The zero-order chi connectivity index (χ0) is 16.7. The third-order valence-electron chi connectivity index (χ3n) is 3.80. The lowest BCUT2D eigenvalue weighted by molar-refractivity contribution is 0.0895. The van der Waals surface area contributed by atoms with E-state index >= 15 is 0 Å². The molecule has 0 N–H and O–H groups in total. The smallest absolute Gasteiger partial charge is 0.231 e. The normalized spacial score (nSPS) is 11.7. The van der Waals surface area contributed by atoms with Gasteiger partial charge >= 0.3 is 0 Å². The Hall–Kier alpha value is -2.56. The molecular weight excluding hydrogens is 292 g/mol. The van der Waals surface area contributed by atoms with Crippen LogP contribution in [0.4, 0.5) is 0 Å². The van der Waals surface area contributed by atoms with Crippen LogP contribution in [0, 0.1) is 5.92 Å². The fourth-order valence-corrected chi connectivity index (χ4v) is 2.46. The molecule has 0 radical (unpaired) electrons. The van der Waals surface area contributed by atoms with E-state index in [4.69, 9.17) is 9.47 Å². The maximum Gasteiger partial charge on any atom is 0.231 e. The molecule has 1 unspecified atom stereocenters. The molecule has 0 saturated heterocycles. The van der Waals surface area contributed by atoms with Crippen molar-refractivity contribution in [2.75, 3.05) is 14.2 Å². The highest BCUT2D eigenvalue weighted by Crippen LogP contribution is 2.29. The predicted octanol–water partition coefficient (Wildman–Crippen LogP) is 3.37. The molecule has 0 saturated carbocycles. The number of carbonyl (C=O) groups excluding carboxylic acids is 1. The van der Waals surface area contributed by atoms with Gasteiger partial charge < -0.3 is 9.47 Å². The third kappa shape index (κ3) is 4.45. The molecule has 0 fully saturated rings. The van der Waals surface area contributed by atoms with Gasteiger partial charge in [0, 0.05) is 18.8 Å². The third-order valence-corrected chi connectivity index (χ3v) is 3.80. The van der Waals surface area contributed by atoms with Gasteiger partial charge in [0.1, 0.15) is 6.33 Å². The number of rotatable bonds is 8. The maximum absolute atomic E-state index is 12.0. The van der Waals surface area contributed by atoms with E-state index in [1.165, 1.54) is 10.9 Å². The van der Waals surface area contributed by atoms with Crippen molar-refractivity contribution < 1.29 is 14.3 Å². The molecule has 5 nitrogen and oxygen atoms in total. The van der Waals surface area contributed by atoms with Crippen molar-refractivity contribution in [2.45, 2.75) is 19.3 Å². The number of benzene rings is 1. The van der Waals surface area contributed by atoms with Crippen LogP contribution in [0.5, 0.6) is 11.5 Å². The number of allylic oxidation sites excluding steroid dienone is 1. The van der Waals surface area contributed by atoms with Crippen molar-refractivity contribution in [1.29, 1.82) is 0 Å². The summed E-state index contributed by atoms with van der Waals surface area (Å²) >= 11 is 0. The number of ether oxygens (including phenoxy) is 2. The Kier molecular flexibility index (Phi) is 5.97. The zero-order valence-corrected chi connectivity index (χ0v) is 13.6. The first-order chi connectivity index (χ1) is 11.2. The van der Waals surface area contributed by atoms with Crippen molar-refractivity contribution in [2.24, 2.45) is 5.92 Å². The lowest BCUT2D eigenvalue weighted by Gasteiger charge is -2.14. The Morgan fingerprint density at radius 2 is 2.13 bits per heavy atom. The van der Waals surface area contributed by atoms with Crippen molar-refractivity contribution in [3.63, 3.8) is 0 Å². The Labute approximate surface area is 136 Å². The summed E-state index contributed by atoms with van der Waals surface area (Å²) in [5.41, 5.74) is 1.13. The number of imidazole rings is 1. The molecule has 0 amide bonds. The Morgan fingerprint density at radius 1 is 1.35 bits per heavy atom. The van der Waals surface area contributed by atoms with Gasteiger partial charge in [0.15, 0.2) is 11.5 Å². The van der Waals surface area contributed by atoms with Gasteiger partial charge in [-0.25, -0.2) is 4.98 Å². The van der Waals surface area contributed by atoms with Gasteiger partial charge in [-0.1, -0.05) is 12.1 Å². The van der Waals surface area contributed by atoms with Crippen molar-refractivity contribution in [1.82, 2.24) is 9.55 Å². The van der Waals surface area contributed by atoms with E-state index in [0.29, 0.717) is 17.9 Å². The Balaban J connectivity index is 1.96. The van der Waals surface area contributed by atoms with E-state index in [1.807, 2.05) is 24.3 Å². The average Bonchev–Trinajstić information content (AvgIpc) is 3.12. The summed E-state index contributed by atoms with van der Waals surface area (Å²) in [5.74, 6) is 1.69. The number of aromatic nitrogens is 2. The lowest BCUT2D eigenvalue weighted by Crippen LogP contribution is -2.11. The monoisotopic (exact) mass is 314 g/mol. The molecular formula is C18H22N2O3. The molecule has 1 aromatic heterocycles. The SMILES string of the molecule is C=CC(CCC(=O)n1ccnc1)Cc1ccc(OC)c(OC)c1. The van der Waals surface area contributed by atoms with Crippen LogP contribution in [0.2, 0.25) is 0 Å². The second-order valence-corrected chi connectivity index (χ2v) is 5.29. The molecule has 5 heteroatoms. The topological polar surface area (TPSA) is 53.4 Å². The Bertz CT molecular complexity index is 650. The average molecular weight is 314 g/mol. The second-order valence-electron chi connectivity index (χ2n) is 5.29. The first-order valence-electron chi connectivity index (χ1n) is 7.52. The number of hydrogen-bond donors (Lipinski definition) is 0. The van der Waals surface area contributed by atoms with Gasteiger partial charge in [-0.05, 0) is 36.5 Å². The summed E-state index contributed by atoms with van der Waals surface area (Å²) in [5, 5.41) is 0. The molecule has 0 aliphatic rings. The van der Waals surface area contributed by atoms with Gasteiger partial charge in [-0.3, -0.25) is 9.36 Å². The standard InChI is InChI=1S/C18H22N2O3/c1-4-14(6-8-18(21)20-10-9-19-13-20)11-15-5-7-16(22-2)17(12-15)23-3/h4-5,7,9-10,12-14H,1,6,8,11H2,2-3H3. The van der Waals surface area contributed by atoms with E-state index < -0.39 is 0 Å². The minimum Gasteiger partial charge on any atom is -0.493 e. The highest BCUT2D eigenvalue weighted by Gasteiger charge is 2.12. The van der Waals surface area contributed by atoms with Gasteiger partial charge in [-0.15, -0.1) is 6.58 Å². The maximum atomic E-state index is 12.0. The largest absolute Gasteiger partial charge is 0.493 e. The molecule has 0 aliphatic heterocycles. The molecule has 1 aromatic carbocycles. The van der Waals surface area contributed by atoms with Gasteiger partial charge in [0.2, 0.25) is 5.91 Å². The van der Waals surface area contributed by atoms with Crippen LogP contribution in [-0.2, 0) is 6.42 Å². The molecule has 2 rings (SSSR count). The van der Waals surface area contributed by atoms with Crippen LogP contribution in [-0.4, -0.2) is 29.7 Å². The number of methoxy groups -OCH3 is 2. The van der Waals surface area contributed by atoms with E-state index in [0.717, 1.165) is 18.4 Å². The van der Waals surface area contributed by atoms with E-state index in [-0.39, 0.29) is 11.8 Å². The van der Waals surface area contributed by atoms with Crippen LogP contribution in [0.3, 0.4) is 0 Å². The van der Waals surface area contributed by atoms with Crippen LogP contribution in [0.15, 0.2) is 49.6 Å². The first kappa shape index (κ1) is 16.8. The van der Waals surface area contributed by atoms with Gasteiger partial charge in [0.25, 0.3) is 0 Å². The second kappa shape index (κ2) is 8.17. The fourth-order valence-electron chi connectivity index (χ4n) is 2.46. The van der Waals surface area contributed by atoms with E-state index in [2.05, 4.69) is 11.6 Å². The summed E-state index contributed by atoms with van der Waals surface area (Å²) in [7, 11) is 3.24. The number of carbonyl (C=O) groups is 1. The highest BCUT2D eigenvalue weighted by atomic mass is 16.5. The molecule has 1 atom stereocenters. The fraction of sp³-hybridized carbons (Fsp3) is 0.333. The summed E-state index contributed by atoms with van der Waals surface area (Å²) < 4.78 is 12.1. The Morgan fingerprint density at radius 3 is 2.74 bits per heavy atom. The minimum absolute atomic E-state index is 0.0432. The van der Waals surface area contributed by atoms with E-state index in [1.54, 1.807) is 26.6 Å². The highest BCUT2D eigenvalue weighted by molar-refractivity contribution is 5.78. The minimum atomic E-state index is 0.0432. The summed E-state index contributed by atoms with van der Waals surface area (Å²) in [4.78, 5) is 15.9. The zero-order valence-electron chi connectivity index (χ0n) is 13.6.